The molecule has 1 fully saturated rings. The zero-order chi connectivity index (χ0) is 15.5. The van der Waals surface area contributed by atoms with E-state index in [1.54, 1.807) is 0 Å². The Balaban J connectivity index is 2.12. The lowest BCUT2D eigenvalue weighted by Crippen LogP contribution is -2.21. The fourth-order valence-corrected chi connectivity index (χ4v) is 5.45. The van der Waals surface area contributed by atoms with Gasteiger partial charge in [-0.15, -0.1) is 10.2 Å². The van der Waals surface area contributed by atoms with Crippen molar-refractivity contribution in [1.29, 1.82) is 0 Å². The summed E-state index contributed by atoms with van der Waals surface area (Å²) in [5.74, 6) is 1.11. The average Bonchev–Trinajstić information content (AvgIpc) is 2.89. The highest BCUT2D eigenvalue weighted by Crippen LogP contribution is 2.41. The van der Waals surface area contributed by atoms with Gasteiger partial charge >= 0.3 is 0 Å². The van der Waals surface area contributed by atoms with Gasteiger partial charge in [0.05, 0.1) is 0 Å². The molecule has 0 aliphatic heterocycles. The summed E-state index contributed by atoms with van der Waals surface area (Å²) in [7, 11) is 3.85. The number of rotatable bonds is 5. The number of nitrogens with zero attached hydrogens (tertiary/aromatic N) is 3. The second kappa shape index (κ2) is 7.40. The smallest absolute Gasteiger partial charge is 0.202 e. The van der Waals surface area contributed by atoms with E-state index in [0.717, 1.165) is 22.7 Å². The standard InChI is InChI=1S/C16H29N3S2/c1-6-12(2)19-14(16(3,4)5)17-18-15(19)21-20-13-10-8-7-9-11-13/h12-13H,6-11H2,1-5H3. The van der Waals surface area contributed by atoms with Gasteiger partial charge in [0, 0.05) is 16.7 Å². The molecule has 0 saturated heterocycles. The van der Waals surface area contributed by atoms with Crippen LogP contribution in [-0.4, -0.2) is 20.0 Å². The predicted molar refractivity (Wildman–Crippen MR) is 94.0 cm³/mol. The molecule has 1 unspecified atom stereocenters. The Labute approximate surface area is 137 Å². The van der Waals surface area contributed by atoms with E-state index in [4.69, 9.17) is 0 Å². The maximum Gasteiger partial charge on any atom is 0.202 e. The zero-order valence-corrected chi connectivity index (χ0v) is 15.7. The molecule has 5 heteroatoms. The van der Waals surface area contributed by atoms with Gasteiger partial charge in [-0.2, -0.15) is 0 Å². The Morgan fingerprint density at radius 1 is 1.19 bits per heavy atom. The normalized spacial score (nSPS) is 18.9. The Hall–Kier alpha value is -0.160. The molecule has 2 rings (SSSR count). The quantitative estimate of drug-likeness (QED) is 0.657. The molecule has 21 heavy (non-hydrogen) atoms. The molecule has 1 aromatic rings. The molecule has 0 amide bonds. The second-order valence-electron chi connectivity index (χ2n) is 7.12. The summed E-state index contributed by atoms with van der Waals surface area (Å²) in [4.78, 5) is 0. The van der Waals surface area contributed by atoms with Crippen LogP contribution in [0.4, 0.5) is 0 Å². The first-order chi connectivity index (χ1) is 9.93. The predicted octanol–water partition coefficient (Wildman–Crippen LogP) is 5.62. The van der Waals surface area contributed by atoms with Gasteiger partial charge in [-0.25, -0.2) is 0 Å². The van der Waals surface area contributed by atoms with E-state index in [1.807, 2.05) is 21.6 Å². The van der Waals surface area contributed by atoms with E-state index in [9.17, 15) is 0 Å². The zero-order valence-electron chi connectivity index (χ0n) is 14.1. The summed E-state index contributed by atoms with van der Waals surface area (Å²) in [5.41, 5.74) is 0.0464. The van der Waals surface area contributed by atoms with Crippen LogP contribution in [0.15, 0.2) is 5.16 Å². The van der Waals surface area contributed by atoms with E-state index in [2.05, 4.69) is 49.4 Å². The first-order valence-corrected chi connectivity index (χ1v) is 10.4. The minimum Gasteiger partial charge on any atom is -0.302 e. The van der Waals surface area contributed by atoms with Crippen molar-refractivity contribution in [3.05, 3.63) is 5.82 Å². The highest BCUT2D eigenvalue weighted by atomic mass is 33.1. The van der Waals surface area contributed by atoms with E-state index in [0.29, 0.717) is 6.04 Å². The SMILES string of the molecule is CCC(C)n1c(SSC2CCCCC2)nnc1C(C)(C)C. The van der Waals surface area contributed by atoms with Gasteiger partial charge in [0.1, 0.15) is 5.82 Å². The van der Waals surface area contributed by atoms with Crippen LogP contribution >= 0.6 is 21.6 Å². The van der Waals surface area contributed by atoms with Gasteiger partial charge in [-0.3, -0.25) is 0 Å². The molecule has 1 heterocycles. The largest absolute Gasteiger partial charge is 0.302 e. The van der Waals surface area contributed by atoms with Crippen LogP contribution in [0.25, 0.3) is 0 Å². The monoisotopic (exact) mass is 327 g/mol. The van der Waals surface area contributed by atoms with Crippen molar-refractivity contribution >= 4 is 21.6 Å². The van der Waals surface area contributed by atoms with Gasteiger partial charge in [0.25, 0.3) is 0 Å². The van der Waals surface area contributed by atoms with Crippen LogP contribution in [0.5, 0.6) is 0 Å². The molecule has 3 nitrogen and oxygen atoms in total. The molecule has 0 aromatic carbocycles. The number of hydrogen-bond acceptors (Lipinski definition) is 4. The number of hydrogen-bond donors (Lipinski definition) is 0. The van der Waals surface area contributed by atoms with Crippen molar-refractivity contribution in [3.8, 4) is 0 Å². The van der Waals surface area contributed by atoms with Crippen LogP contribution in [0, 0.1) is 0 Å². The Morgan fingerprint density at radius 3 is 2.43 bits per heavy atom. The van der Waals surface area contributed by atoms with Gasteiger partial charge in [-0.1, -0.05) is 57.8 Å². The van der Waals surface area contributed by atoms with Crippen LogP contribution in [0.2, 0.25) is 0 Å². The molecular weight excluding hydrogens is 298 g/mol. The number of aromatic nitrogens is 3. The molecule has 0 N–H and O–H groups in total. The lowest BCUT2D eigenvalue weighted by Gasteiger charge is -2.24. The van der Waals surface area contributed by atoms with Gasteiger partial charge in [0.15, 0.2) is 0 Å². The molecular formula is C16H29N3S2. The van der Waals surface area contributed by atoms with E-state index >= 15 is 0 Å². The summed E-state index contributed by atoms with van der Waals surface area (Å²) < 4.78 is 2.36. The van der Waals surface area contributed by atoms with Gasteiger partial charge < -0.3 is 4.57 Å². The van der Waals surface area contributed by atoms with Crippen LogP contribution in [0.1, 0.15) is 85.0 Å². The van der Waals surface area contributed by atoms with Crippen molar-refractivity contribution < 1.29 is 0 Å². The topological polar surface area (TPSA) is 30.7 Å². The highest BCUT2D eigenvalue weighted by Gasteiger charge is 2.27. The van der Waals surface area contributed by atoms with Crippen molar-refractivity contribution in [2.24, 2.45) is 0 Å². The maximum absolute atomic E-state index is 4.50. The van der Waals surface area contributed by atoms with Crippen molar-refractivity contribution in [2.45, 2.75) is 95.0 Å². The van der Waals surface area contributed by atoms with E-state index in [1.165, 1.54) is 32.1 Å². The first-order valence-electron chi connectivity index (χ1n) is 8.22. The highest BCUT2D eigenvalue weighted by molar-refractivity contribution is 8.76. The van der Waals surface area contributed by atoms with Crippen LogP contribution in [0.3, 0.4) is 0 Å². The molecule has 1 aromatic heterocycles. The van der Waals surface area contributed by atoms with E-state index in [-0.39, 0.29) is 5.41 Å². The average molecular weight is 328 g/mol. The summed E-state index contributed by atoms with van der Waals surface area (Å²) in [6.07, 6.45) is 8.04. The third-order valence-corrected chi connectivity index (χ3v) is 7.00. The fourth-order valence-electron chi connectivity index (χ4n) is 2.70. The first kappa shape index (κ1) is 17.2. The molecule has 1 aliphatic carbocycles. The molecule has 0 spiro atoms. The third kappa shape index (κ3) is 4.41. The summed E-state index contributed by atoms with van der Waals surface area (Å²) >= 11 is 0. The van der Waals surface area contributed by atoms with Crippen LogP contribution in [-0.2, 0) is 5.41 Å². The minimum absolute atomic E-state index is 0.0464. The molecule has 0 bridgehead atoms. The Morgan fingerprint density at radius 2 is 1.86 bits per heavy atom. The molecule has 120 valence electrons. The lowest BCUT2D eigenvalue weighted by molar-refractivity contribution is 0.423. The third-order valence-electron chi connectivity index (χ3n) is 4.18. The van der Waals surface area contributed by atoms with Crippen molar-refractivity contribution in [1.82, 2.24) is 14.8 Å². The maximum atomic E-state index is 4.50. The van der Waals surface area contributed by atoms with Crippen molar-refractivity contribution in [2.75, 3.05) is 0 Å². The fraction of sp³-hybridized carbons (Fsp3) is 0.875. The lowest BCUT2D eigenvalue weighted by atomic mass is 9.95. The summed E-state index contributed by atoms with van der Waals surface area (Å²) in [6, 6.07) is 0.462. The Kier molecular flexibility index (Phi) is 6.06. The second-order valence-corrected chi connectivity index (χ2v) is 9.59. The van der Waals surface area contributed by atoms with Gasteiger partial charge in [0.2, 0.25) is 5.16 Å². The van der Waals surface area contributed by atoms with Crippen molar-refractivity contribution in [3.63, 3.8) is 0 Å². The van der Waals surface area contributed by atoms with Gasteiger partial charge in [-0.05, 0) is 37.0 Å². The van der Waals surface area contributed by atoms with Crippen LogP contribution < -0.4 is 0 Å². The molecule has 0 radical (unpaired) electrons. The molecule has 1 atom stereocenters. The molecule has 1 aliphatic rings. The Bertz CT molecular complexity index is 445. The minimum atomic E-state index is 0.0464. The summed E-state index contributed by atoms with van der Waals surface area (Å²) in [6.45, 7) is 11.2. The van der Waals surface area contributed by atoms with E-state index < -0.39 is 0 Å². The summed E-state index contributed by atoms with van der Waals surface area (Å²) in [5, 5.41) is 10.9. The molecule has 1 saturated carbocycles.